The maximum absolute atomic E-state index is 13.7. The number of sulfonamides is 1. The normalized spacial score (nSPS) is 13.8. The Bertz CT molecular complexity index is 1190. The first-order chi connectivity index (χ1) is 15.0. The maximum atomic E-state index is 13.7. The highest BCUT2D eigenvalue weighted by molar-refractivity contribution is 7.89. The second kappa shape index (κ2) is 9.57. The van der Waals surface area contributed by atoms with Crippen molar-refractivity contribution in [1.29, 1.82) is 0 Å². The van der Waals surface area contributed by atoms with Crippen molar-refractivity contribution in [1.82, 2.24) is 4.72 Å². The fourth-order valence-corrected chi connectivity index (χ4v) is 7.69. The Labute approximate surface area is 194 Å². The fourth-order valence-electron chi connectivity index (χ4n) is 4.22. The maximum Gasteiger partial charge on any atom is 0.241 e. The third kappa shape index (κ3) is 5.65. The van der Waals surface area contributed by atoms with Gasteiger partial charge in [-0.3, -0.25) is 0 Å². The summed E-state index contributed by atoms with van der Waals surface area (Å²) in [5.41, 5.74) is 4.62. The second-order valence-corrected chi connectivity index (χ2v) is 16.2. The number of aryl methyl sites for hydroxylation is 3. The number of hydrogen-bond donors (Lipinski definition) is 1. The lowest BCUT2D eigenvalue weighted by atomic mass is 10.1. The molecule has 3 nitrogen and oxygen atoms in total. The molecule has 1 unspecified atom stereocenters. The standard InChI is InChI=1S/C27H33NO2SSi/c1-20-17-21(2)27(22(3)18-20)31(29,30)28-26(24-15-11-8-12-16-24)25(32(4,5)6)19-23-13-9-7-10-14-23/h7-19,26,28H,1-6H3. The summed E-state index contributed by atoms with van der Waals surface area (Å²) in [5, 5.41) is 1.14. The Hall–Kier alpha value is -2.47. The number of nitrogens with one attached hydrogen (secondary N) is 1. The predicted molar refractivity (Wildman–Crippen MR) is 138 cm³/mol. The summed E-state index contributed by atoms with van der Waals surface area (Å²) in [6.07, 6.45) is 2.17. The van der Waals surface area contributed by atoms with Crippen molar-refractivity contribution < 1.29 is 8.42 Å². The van der Waals surface area contributed by atoms with Gasteiger partial charge in [-0.2, -0.15) is 4.72 Å². The Morgan fingerprint density at radius 3 is 1.84 bits per heavy atom. The third-order valence-corrected chi connectivity index (χ3v) is 9.47. The van der Waals surface area contributed by atoms with E-state index < -0.39 is 24.1 Å². The predicted octanol–water partition coefficient (Wildman–Crippen LogP) is 6.59. The Kier molecular flexibility index (Phi) is 7.23. The lowest BCUT2D eigenvalue weighted by Crippen LogP contribution is -2.38. The van der Waals surface area contributed by atoms with Gasteiger partial charge < -0.3 is 0 Å². The molecule has 0 aliphatic heterocycles. The molecule has 0 fully saturated rings. The van der Waals surface area contributed by atoms with Crippen LogP contribution in [0.1, 0.15) is 33.9 Å². The Morgan fingerprint density at radius 1 is 0.844 bits per heavy atom. The molecular formula is C27H33NO2SSi. The van der Waals surface area contributed by atoms with E-state index in [1.807, 2.05) is 81.4 Å². The summed E-state index contributed by atoms with van der Waals surface area (Å²) >= 11 is 0. The SMILES string of the molecule is Cc1cc(C)c(S(=O)(=O)NC(C(=Cc2ccccc2)[Si](C)(C)C)c2ccccc2)c(C)c1. The first kappa shape index (κ1) is 24.2. The Balaban J connectivity index is 2.18. The van der Waals surface area contributed by atoms with Gasteiger partial charge in [-0.15, -0.1) is 0 Å². The number of benzene rings is 3. The molecule has 5 heteroatoms. The summed E-state index contributed by atoms with van der Waals surface area (Å²) in [6.45, 7) is 12.5. The van der Waals surface area contributed by atoms with Crippen LogP contribution in [0.3, 0.4) is 0 Å². The first-order valence-corrected chi connectivity index (χ1v) is 15.9. The van der Waals surface area contributed by atoms with Crippen molar-refractivity contribution in [2.45, 2.75) is 51.3 Å². The van der Waals surface area contributed by atoms with Gasteiger partial charge in [0.25, 0.3) is 0 Å². The van der Waals surface area contributed by atoms with Crippen molar-refractivity contribution in [2.75, 3.05) is 0 Å². The average Bonchev–Trinajstić information content (AvgIpc) is 2.70. The molecule has 0 aromatic heterocycles. The highest BCUT2D eigenvalue weighted by atomic mass is 32.2. The zero-order chi connectivity index (χ0) is 23.5. The van der Waals surface area contributed by atoms with Gasteiger partial charge in [-0.05, 0) is 43.0 Å². The molecule has 0 amide bonds. The van der Waals surface area contributed by atoms with Crippen LogP contribution >= 0.6 is 0 Å². The highest BCUT2D eigenvalue weighted by Crippen LogP contribution is 2.33. The molecule has 0 aliphatic carbocycles. The van der Waals surface area contributed by atoms with Gasteiger partial charge in [-0.1, -0.05) is 109 Å². The smallest absolute Gasteiger partial charge is 0.207 e. The molecule has 1 atom stereocenters. The molecule has 0 saturated carbocycles. The van der Waals surface area contributed by atoms with Crippen LogP contribution in [-0.4, -0.2) is 16.5 Å². The van der Waals surface area contributed by atoms with Gasteiger partial charge in [0.1, 0.15) is 0 Å². The van der Waals surface area contributed by atoms with Crippen LogP contribution in [0.25, 0.3) is 6.08 Å². The van der Waals surface area contributed by atoms with Crippen molar-refractivity contribution in [3.63, 3.8) is 0 Å². The quantitative estimate of drug-likeness (QED) is 0.402. The van der Waals surface area contributed by atoms with E-state index in [9.17, 15) is 8.42 Å². The molecule has 0 spiro atoms. The van der Waals surface area contributed by atoms with E-state index >= 15 is 0 Å². The van der Waals surface area contributed by atoms with Crippen LogP contribution < -0.4 is 4.72 Å². The van der Waals surface area contributed by atoms with Gasteiger partial charge in [0.15, 0.2) is 0 Å². The van der Waals surface area contributed by atoms with Crippen LogP contribution in [0.4, 0.5) is 0 Å². The molecule has 3 aromatic carbocycles. The van der Waals surface area contributed by atoms with E-state index in [2.05, 4.69) is 42.6 Å². The van der Waals surface area contributed by atoms with Gasteiger partial charge in [-0.25, -0.2) is 8.42 Å². The van der Waals surface area contributed by atoms with Crippen LogP contribution in [0, 0.1) is 20.8 Å². The minimum atomic E-state index is -3.75. The molecule has 1 N–H and O–H groups in total. The molecule has 32 heavy (non-hydrogen) atoms. The number of hydrogen-bond acceptors (Lipinski definition) is 2. The zero-order valence-corrected chi connectivity index (χ0v) is 21.6. The fraction of sp³-hybridized carbons (Fsp3) is 0.259. The zero-order valence-electron chi connectivity index (χ0n) is 19.8. The van der Waals surface area contributed by atoms with E-state index in [4.69, 9.17) is 0 Å². The van der Waals surface area contributed by atoms with Crippen molar-refractivity contribution in [2.24, 2.45) is 0 Å². The summed E-state index contributed by atoms with van der Waals surface area (Å²) in [4.78, 5) is 0.374. The van der Waals surface area contributed by atoms with Crippen LogP contribution in [0.2, 0.25) is 19.6 Å². The summed E-state index contributed by atoms with van der Waals surface area (Å²) < 4.78 is 30.6. The molecular weight excluding hydrogens is 430 g/mol. The highest BCUT2D eigenvalue weighted by Gasteiger charge is 2.32. The first-order valence-electron chi connectivity index (χ1n) is 10.9. The lowest BCUT2D eigenvalue weighted by molar-refractivity contribution is 0.572. The molecule has 0 saturated heterocycles. The van der Waals surface area contributed by atoms with Crippen LogP contribution in [-0.2, 0) is 10.0 Å². The van der Waals surface area contributed by atoms with E-state index in [0.717, 1.165) is 33.0 Å². The molecule has 3 rings (SSSR count). The largest absolute Gasteiger partial charge is 0.241 e. The third-order valence-electron chi connectivity index (χ3n) is 5.58. The average molecular weight is 464 g/mol. The summed E-state index contributed by atoms with van der Waals surface area (Å²) in [6, 6.07) is 23.4. The molecule has 0 radical (unpaired) electrons. The Morgan fingerprint density at radius 2 is 1.34 bits per heavy atom. The molecule has 3 aromatic rings. The lowest BCUT2D eigenvalue weighted by Gasteiger charge is -2.31. The van der Waals surface area contributed by atoms with Gasteiger partial charge in [0.05, 0.1) is 19.0 Å². The molecule has 168 valence electrons. The molecule has 0 aliphatic rings. The number of rotatable bonds is 7. The van der Waals surface area contributed by atoms with E-state index in [0.29, 0.717) is 4.90 Å². The molecule has 0 bridgehead atoms. The molecule has 0 heterocycles. The van der Waals surface area contributed by atoms with E-state index in [-0.39, 0.29) is 0 Å². The summed E-state index contributed by atoms with van der Waals surface area (Å²) in [5.74, 6) is 0. The van der Waals surface area contributed by atoms with E-state index in [1.54, 1.807) is 0 Å². The van der Waals surface area contributed by atoms with Crippen LogP contribution in [0.5, 0.6) is 0 Å². The van der Waals surface area contributed by atoms with Gasteiger partial charge >= 0.3 is 0 Å². The summed E-state index contributed by atoms with van der Waals surface area (Å²) in [7, 11) is -5.67. The minimum Gasteiger partial charge on any atom is -0.207 e. The monoisotopic (exact) mass is 463 g/mol. The topological polar surface area (TPSA) is 46.2 Å². The van der Waals surface area contributed by atoms with Crippen molar-refractivity contribution in [3.8, 4) is 0 Å². The minimum absolute atomic E-state index is 0.374. The van der Waals surface area contributed by atoms with Crippen molar-refractivity contribution in [3.05, 3.63) is 106 Å². The second-order valence-electron chi connectivity index (χ2n) is 9.45. The van der Waals surface area contributed by atoms with Gasteiger partial charge in [0, 0.05) is 0 Å². The van der Waals surface area contributed by atoms with Gasteiger partial charge in [0.2, 0.25) is 10.0 Å². The van der Waals surface area contributed by atoms with E-state index in [1.165, 1.54) is 0 Å². The van der Waals surface area contributed by atoms with Crippen LogP contribution in [0.15, 0.2) is 82.9 Å². The van der Waals surface area contributed by atoms with Crippen molar-refractivity contribution >= 4 is 24.2 Å².